The number of rotatable bonds is 2. The average Bonchev–Trinajstić information content (AvgIpc) is 2.71. The van der Waals surface area contributed by atoms with Gasteiger partial charge in [-0.3, -0.25) is 0 Å². The van der Waals surface area contributed by atoms with Crippen LogP contribution >= 0.6 is 11.5 Å². The molecule has 66 valence electrons. The minimum atomic E-state index is 0.566. The number of ether oxygens (including phenoxy) is 1. The lowest BCUT2D eigenvalue weighted by Crippen LogP contribution is -1.91. The third kappa shape index (κ3) is 1.65. The molecule has 0 aliphatic heterocycles. The van der Waals surface area contributed by atoms with Crippen LogP contribution in [0.3, 0.4) is 0 Å². The summed E-state index contributed by atoms with van der Waals surface area (Å²) in [5.41, 5.74) is 0.920. The van der Waals surface area contributed by atoms with E-state index in [0.29, 0.717) is 11.7 Å². The highest BCUT2D eigenvalue weighted by Gasteiger charge is 2.02. The van der Waals surface area contributed by atoms with E-state index in [-0.39, 0.29) is 0 Å². The van der Waals surface area contributed by atoms with E-state index in [2.05, 4.69) is 14.3 Å². The van der Waals surface area contributed by atoms with Crippen molar-refractivity contribution in [3.8, 4) is 17.3 Å². The zero-order valence-corrected chi connectivity index (χ0v) is 7.78. The molecule has 2 heterocycles. The van der Waals surface area contributed by atoms with E-state index in [1.54, 1.807) is 25.6 Å². The standard InChI is InChI=1S/C8H7N3OS/c1-12-7-2-3-9-8(11-7)6-4-10-13-5-6/h2-5H,1H3. The van der Waals surface area contributed by atoms with Gasteiger partial charge in [-0.25, -0.2) is 9.36 Å². The van der Waals surface area contributed by atoms with E-state index in [9.17, 15) is 0 Å². The predicted octanol–water partition coefficient (Wildman–Crippen LogP) is 1.61. The van der Waals surface area contributed by atoms with Crippen LogP contribution in [0.4, 0.5) is 0 Å². The van der Waals surface area contributed by atoms with Crippen LogP contribution in [0.1, 0.15) is 0 Å². The molecule has 13 heavy (non-hydrogen) atoms. The van der Waals surface area contributed by atoms with Gasteiger partial charge < -0.3 is 4.74 Å². The highest BCUT2D eigenvalue weighted by Crippen LogP contribution is 2.17. The fourth-order valence-electron chi connectivity index (χ4n) is 0.910. The number of methoxy groups -OCH3 is 1. The molecule has 0 atom stereocenters. The molecule has 5 heteroatoms. The van der Waals surface area contributed by atoms with Crippen molar-refractivity contribution in [2.45, 2.75) is 0 Å². The van der Waals surface area contributed by atoms with E-state index < -0.39 is 0 Å². The Balaban J connectivity index is 2.41. The van der Waals surface area contributed by atoms with Crippen LogP contribution in [-0.2, 0) is 0 Å². The summed E-state index contributed by atoms with van der Waals surface area (Å²) >= 11 is 1.38. The maximum atomic E-state index is 4.98. The summed E-state index contributed by atoms with van der Waals surface area (Å²) in [5.74, 6) is 1.21. The third-order valence-corrected chi connectivity index (χ3v) is 2.12. The predicted molar refractivity (Wildman–Crippen MR) is 49.7 cm³/mol. The van der Waals surface area contributed by atoms with Crippen LogP contribution in [0.15, 0.2) is 23.8 Å². The summed E-state index contributed by atoms with van der Waals surface area (Å²) < 4.78 is 8.96. The molecular formula is C8H7N3OS. The number of nitrogens with zero attached hydrogens (tertiary/aromatic N) is 3. The third-order valence-electron chi connectivity index (χ3n) is 1.53. The van der Waals surface area contributed by atoms with Crippen molar-refractivity contribution >= 4 is 11.5 Å². The van der Waals surface area contributed by atoms with Gasteiger partial charge in [0.1, 0.15) is 0 Å². The molecule has 2 aromatic heterocycles. The molecule has 0 saturated heterocycles. The van der Waals surface area contributed by atoms with Crippen molar-refractivity contribution in [3.05, 3.63) is 23.8 Å². The highest BCUT2D eigenvalue weighted by atomic mass is 32.1. The van der Waals surface area contributed by atoms with Gasteiger partial charge in [-0.1, -0.05) is 0 Å². The molecular weight excluding hydrogens is 186 g/mol. The second kappa shape index (κ2) is 3.49. The van der Waals surface area contributed by atoms with Gasteiger partial charge in [-0.15, -0.1) is 0 Å². The number of hydrogen-bond donors (Lipinski definition) is 0. The summed E-state index contributed by atoms with van der Waals surface area (Å²) in [7, 11) is 1.58. The van der Waals surface area contributed by atoms with Gasteiger partial charge in [-0.2, -0.15) is 4.98 Å². The Kier molecular flexibility index (Phi) is 2.18. The van der Waals surface area contributed by atoms with Crippen LogP contribution in [0, 0.1) is 0 Å². The first-order chi connectivity index (χ1) is 6.40. The van der Waals surface area contributed by atoms with Crippen molar-refractivity contribution < 1.29 is 4.74 Å². The zero-order valence-electron chi connectivity index (χ0n) is 6.97. The van der Waals surface area contributed by atoms with Gasteiger partial charge in [0.15, 0.2) is 5.82 Å². The minimum Gasteiger partial charge on any atom is -0.481 e. The minimum absolute atomic E-state index is 0.566. The zero-order chi connectivity index (χ0) is 9.10. The van der Waals surface area contributed by atoms with Crippen molar-refractivity contribution in [1.29, 1.82) is 0 Å². The van der Waals surface area contributed by atoms with Gasteiger partial charge in [0.05, 0.1) is 18.9 Å². The Labute approximate surface area is 79.4 Å². The van der Waals surface area contributed by atoms with Crippen molar-refractivity contribution in [3.63, 3.8) is 0 Å². The lowest BCUT2D eigenvalue weighted by molar-refractivity contribution is 0.397. The summed E-state index contributed by atoms with van der Waals surface area (Å²) in [4.78, 5) is 8.27. The van der Waals surface area contributed by atoms with Gasteiger partial charge in [-0.05, 0) is 11.5 Å². The molecule has 2 rings (SSSR count). The van der Waals surface area contributed by atoms with Crippen molar-refractivity contribution in [2.24, 2.45) is 0 Å². The fraction of sp³-hybridized carbons (Fsp3) is 0.125. The molecule has 0 fully saturated rings. The summed E-state index contributed by atoms with van der Waals surface area (Å²) in [6.07, 6.45) is 3.40. The van der Waals surface area contributed by atoms with Crippen molar-refractivity contribution in [1.82, 2.24) is 14.3 Å². The molecule has 0 unspecified atom stereocenters. The molecule has 0 N–H and O–H groups in total. The molecule has 0 amide bonds. The SMILES string of the molecule is COc1ccnc(-c2cnsc2)n1. The van der Waals surface area contributed by atoms with Crippen LogP contribution in [0.25, 0.3) is 11.4 Å². The van der Waals surface area contributed by atoms with E-state index >= 15 is 0 Å². The molecule has 0 bridgehead atoms. The lowest BCUT2D eigenvalue weighted by Gasteiger charge is -1.98. The van der Waals surface area contributed by atoms with Crippen LogP contribution in [0.2, 0.25) is 0 Å². The van der Waals surface area contributed by atoms with Crippen LogP contribution < -0.4 is 4.74 Å². The number of hydrogen-bond acceptors (Lipinski definition) is 5. The molecule has 0 aliphatic rings. The summed E-state index contributed by atoms with van der Waals surface area (Å²) in [6.45, 7) is 0. The highest BCUT2D eigenvalue weighted by molar-refractivity contribution is 7.03. The molecule has 0 radical (unpaired) electrons. The quantitative estimate of drug-likeness (QED) is 0.727. The second-order valence-corrected chi connectivity index (χ2v) is 2.99. The van der Waals surface area contributed by atoms with Crippen LogP contribution in [-0.4, -0.2) is 21.5 Å². The molecule has 2 aromatic rings. The lowest BCUT2D eigenvalue weighted by atomic mass is 10.3. The first kappa shape index (κ1) is 8.12. The molecule has 0 spiro atoms. The van der Waals surface area contributed by atoms with Gasteiger partial charge in [0.25, 0.3) is 0 Å². The molecule has 4 nitrogen and oxygen atoms in total. The van der Waals surface area contributed by atoms with Gasteiger partial charge in [0, 0.05) is 17.6 Å². The van der Waals surface area contributed by atoms with Crippen LogP contribution in [0.5, 0.6) is 5.88 Å². The van der Waals surface area contributed by atoms with E-state index in [4.69, 9.17) is 4.74 Å². The summed E-state index contributed by atoms with van der Waals surface area (Å²) in [5, 5.41) is 1.90. The number of aromatic nitrogens is 3. The fourth-order valence-corrected chi connectivity index (χ4v) is 1.43. The van der Waals surface area contributed by atoms with E-state index in [1.807, 2.05) is 5.38 Å². The molecule has 0 aliphatic carbocycles. The first-order valence-electron chi connectivity index (χ1n) is 3.67. The van der Waals surface area contributed by atoms with E-state index in [1.165, 1.54) is 11.5 Å². The Morgan fingerprint density at radius 1 is 1.46 bits per heavy atom. The second-order valence-electron chi connectivity index (χ2n) is 2.34. The monoisotopic (exact) mass is 193 g/mol. The largest absolute Gasteiger partial charge is 0.481 e. The Morgan fingerprint density at radius 3 is 3.08 bits per heavy atom. The van der Waals surface area contributed by atoms with Crippen molar-refractivity contribution in [2.75, 3.05) is 7.11 Å². The maximum Gasteiger partial charge on any atom is 0.216 e. The van der Waals surface area contributed by atoms with E-state index in [0.717, 1.165) is 5.56 Å². The van der Waals surface area contributed by atoms with Gasteiger partial charge >= 0.3 is 0 Å². The molecule has 0 aromatic carbocycles. The Bertz CT molecular complexity index is 388. The maximum absolute atomic E-state index is 4.98. The first-order valence-corrected chi connectivity index (χ1v) is 4.50. The Morgan fingerprint density at radius 2 is 2.38 bits per heavy atom. The molecule has 0 saturated carbocycles. The average molecular weight is 193 g/mol. The summed E-state index contributed by atoms with van der Waals surface area (Å²) in [6, 6.07) is 1.71. The van der Waals surface area contributed by atoms with Gasteiger partial charge in [0.2, 0.25) is 5.88 Å². The topological polar surface area (TPSA) is 47.9 Å². The normalized spacial score (nSPS) is 9.92. The smallest absolute Gasteiger partial charge is 0.216 e. The Hall–Kier alpha value is -1.49.